The molecular formula is C35H41BrN2O4S. The van der Waals surface area contributed by atoms with Gasteiger partial charge in [-0.2, -0.15) is 0 Å². The Morgan fingerprint density at radius 3 is 2.28 bits per heavy atom. The number of thioether (sulfide) groups is 1. The number of halogens is 1. The third kappa shape index (κ3) is 8.89. The lowest BCUT2D eigenvalue weighted by atomic mass is 9.87. The molecular weight excluding hydrogens is 624 g/mol. The average Bonchev–Trinajstić information content (AvgIpc) is 3.22. The molecule has 0 aliphatic rings. The number of aromatic nitrogens is 1. The van der Waals surface area contributed by atoms with Crippen LogP contribution in [0.5, 0.6) is 5.75 Å². The molecule has 8 heteroatoms. The van der Waals surface area contributed by atoms with E-state index < -0.39 is 5.41 Å². The fourth-order valence-corrected chi connectivity index (χ4v) is 6.26. The molecule has 3 aromatic carbocycles. The molecule has 1 N–H and O–H groups in total. The van der Waals surface area contributed by atoms with Crippen LogP contribution in [0.1, 0.15) is 58.4 Å². The quantitative estimate of drug-likeness (QED) is 0.122. The summed E-state index contributed by atoms with van der Waals surface area (Å²) >= 11 is 5.32. The second-order valence-electron chi connectivity index (χ2n) is 12.2. The highest BCUT2D eigenvalue weighted by Gasteiger charge is 2.34. The van der Waals surface area contributed by atoms with E-state index in [1.807, 2.05) is 75.4 Å². The Morgan fingerprint density at radius 2 is 1.63 bits per heavy atom. The minimum Gasteiger partial charge on any atom is -0.484 e. The monoisotopic (exact) mass is 664 g/mol. The van der Waals surface area contributed by atoms with E-state index in [0.717, 1.165) is 37.1 Å². The van der Waals surface area contributed by atoms with Gasteiger partial charge >= 0.3 is 5.97 Å². The van der Waals surface area contributed by atoms with Gasteiger partial charge in [0.15, 0.2) is 6.61 Å². The number of carbonyl (C=O) groups excluding carboxylic acids is 2. The van der Waals surface area contributed by atoms with Crippen LogP contribution in [0.2, 0.25) is 0 Å². The van der Waals surface area contributed by atoms with Gasteiger partial charge in [-0.05, 0) is 62.2 Å². The van der Waals surface area contributed by atoms with Crippen molar-refractivity contribution < 1.29 is 19.1 Å². The van der Waals surface area contributed by atoms with Crippen LogP contribution in [-0.4, -0.2) is 34.4 Å². The van der Waals surface area contributed by atoms with E-state index in [4.69, 9.17) is 9.47 Å². The normalized spacial score (nSPS) is 11.9. The average molecular weight is 666 g/mol. The number of hydrogen-bond acceptors (Lipinski definition) is 5. The van der Waals surface area contributed by atoms with E-state index in [2.05, 4.69) is 64.8 Å². The minimum atomic E-state index is -0.731. The molecule has 0 bridgehead atoms. The molecule has 0 fully saturated rings. The zero-order valence-corrected chi connectivity index (χ0v) is 28.2. The Balaban J connectivity index is 1.72. The zero-order chi connectivity index (χ0) is 31.2. The predicted molar refractivity (Wildman–Crippen MR) is 179 cm³/mol. The summed E-state index contributed by atoms with van der Waals surface area (Å²) in [6, 6.07) is 24.1. The Labute approximate surface area is 267 Å². The molecule has 1 aromatic heterocycles. The molecule has 0 radical (unpaired) electrons. The van der Waals surface area contributed by atoms with Crippen molar-refractivity contribution in [1.29, 1.82) is 0 Å². The number of amides is 1. The number of rotatable bonds is 12. The Hall–Kier alpha value is -3.23. The minimum absolute atomic E-state index is 0.0809. The molecule has 0 saturated heterocycles. The van der Waals surface area contributed by atoms with Gasteiger partial charge in [0.25, 0.3) is 5.91 Å². The van der Waals surface area contributed by atoms with Crippen LogP contribution in [0.25, 0.3) is 10.9 Å². The maximum atomic E-state index is 13.0. The van der Waals surface area contributed by atoms with Crippen LogP contribution in [0.15, 0.2) is 82.2 Å². The maximum Gasteiger partial charge on any atom is 0.311 e. The van der Waals surface area contributed by atoms with Gasteiger partial charge in [-0.3, -0.25) is 9.59 Å². The highest BCUT2D eigenvalue weighted by atomic mass is 79.9. The van der Waals surface area contributed by atoms with Crippen LogP contribution < -0.4 is 10.1 Å². The summed E-state index contributed by atoms with van der Waals surface area (Å²) in [5.41, 5.74) is 3.58. The largest absolute Gasteiger partial charge is 0.484 e. The first kappa shape index (κ1) is 32.7. The number of ether oxygens (including phenoxy) is 2. The van der Waals surface area contributed by atoms with Crippen LogP contribution in [0.3, 0.4) is 0 Å². The van der Waals surface area contributed by atoms with Crippen molar-refractivity contribution >= 4 is 50.5 Å². The van der Waals surface area contributed by atoms with Crippen LogP contribution >= 0.6 is 27.7 Å². The van der Waals surface area contributed by atoms with Crippen molar-refractivity contribution in [3.05, 3.63) is 94.1 Å². The van der Waals surface area contributed by atoms with Crippen LogP contribution in [0.4, 0.5) is 0 Å². The van der Waals surface area contributed by atoms with Gasteiger partial charge in [-0.15, -0.1) is 11.8 Å². The van der Waals surface area contributed by atoms with Gasteiger partial charge in [0.2, 0.25) is 0 Å². The molecule has 0 aliphatic heterocycles. The first-order chi connectivity index (χ1) is 20.4. The van der Waals surface area contributed by atoms with E-state index in [1.165, 1.54) is 0 Å². The van der Waals surface area contributed by atoms with Gasteiger partial charge in [0.1, 0.15) is 5.75 Å². The van der Waals surface area contributed by atoms with Gasteiger partial charge in [0, 0.05) is 50.2 Å². The standard InChI is InChI=1S/C35H41BrN2O4S/c1-7-41-33(40)35(5,6)20-30-32(43-34(2,3)4)28-19-27(42-23-31(39)37-21-24-11-9-8-10-12-24)17-18-29(28)38(30)22-25-13-15-26(36)16-14-25/h8-19H,7,20-23H2,1-6H3,(H,37,39). The predicted octanol–water partition coefficient (Wildman–Crippen LogP) is 8.17. The number of esters is 1. The van der Waals surface area contributed by atoms with Gasteiger partial charge in [-0.25, -0.2) is 0 Å². The van der Waals surface area contributed by atoms with E-state index in [1.54, 1.807) is 11.8 Å². The number of carbonyl (C=O) groups is 2. The molecule has 4 aromatic rings. The smallest absolute Gasteiger partial charge is 0.311 e. The van der Waals surface area contributed by atoms with Crippen molar-refractivity contribution in [3.63, 3.8) is 0 Å². The topological polar surface area (TPSA) is 69.6 Å². The Morgan fingerprint density at radius 1 is 0.930 bits per heavy atom. The lowest BCUT2D eigenvalue weighted by Gasteiger charge is -2.26. The summed E-state index contributed by atoms with van der Waals surface area (Å²) in [5.74, 6) is 0.223. The first-order valence-electron chi connectivity index (χ1n) is 14.6. The maximum absolute atomic E-state index is 13.0. The third-order valence-electron chi connectivity index (χ3n) is 6.89. The molecule has 0 saturated carbocycles. The van der Waals surface area contributed by atoms with Crippen molar-refractivity contribution in [3.8, 4) is 5.75 Å². The lowest BCUT2D eigenvalue weighted by Crippen LogP contribution is -2.30. The van der Waals surface area contributed by atoms with Crippen molar-refractivity contribution in [1.82, 2.24) is 9.88 Å². The second-order valence-corrected chi connectivity index (χ2v) is 15.0. The summed E-state index contributed by atoms with van der Waals surface area (Å²) in [7, 11) is 0. The number of nitrogens with zero attached hydrogens (tertiary/aromatic N) is 1. The molecule has 228 valence electrons. The van der Waals surface area contributed by atoms with Crippen molar-refractivity contribution in [2.45, 2.75) is 70.7 Å². The van der Waals surface area contributed by atoms with E-state index in [-0.39, 0.29) is 23.2 Å². The van der Waals surface area contributed by atoms with Crippen molar-refractivity contribution in [2.24, 2.45) is 5.41 Å². The molecule has 1 amide bonds. The molecule has 0 aliphatic carbocycles. The second kappa shape index (κ2) is 14.0. The molecule has 4 rings (SSSR count). The summed E-state index contributed by atoms with van der Waals surface area (Å²) in [4.78, 5) is 26.7. The van der Waals surface area contributed by atoms with E-state index in [9.17, 15) is 9.59 Å². The number of fused-ring (bicyclic) bond motifs is 1. The van der Waals surface area contributed by atoms with Crippen LogP contribution in [-0.2, 0) is 33.8 Å². The first-order valence-corrected chi connectivity index (χ1v) is 16.2. The Kier molecular flexibility index (Phi) is 10.7. The zero-order valence-electron chi connectivity index (χ0n) is 25.8. The highest BCUT2D eigenvalue weighted by molar-refractivity contribution is 9.10. The number of hydrogen-bond donors (Lipinski definition) is 1. The van der Waals surface area contributed by atoms with E-state index >= 15 is 0 Å². The Bertz CT molecular complexity index is 1560. The molecule has 0 unspecified atom stereocenters. The number of benzene rings is 3. The van der Waals surface area contributed by atoms with Crippen LogP contribution in [0, 0.1) is 5.41 Å². The molecule has 6 nitrogen and oxygen atoms in total. The highest BCUT2D eigenvalue weighted by Crippen LogP contribution is 2.44. The SMILES string of the molecule is CCOC(=O)C(C)(C)Cc1c(SC(C)(C)C)c2cc(OCC(=O)NCc3ccccc3)ccc2n1Cc1ccc(Br)cc1. The molecule has 43 heavy (non-hydrogen) atoms. The summed E-state index contributed by atoms with van der Waals surface area (Å²) < 4.78 is 14.7. The fraction of sp³-hybridized carbons (Fsp3) is 0.371. The summed E-state index contributed by atoms with van der Waals surface area (Å²) in [5, 5.41) is 3.96. The molecule has 0 atom stereocenters. The molecule has 0 spiro atoms. The van der Waals surface area contributed by atoms with Crippen molar-refractivity contribution in [2.75, 3.05) is 13.2 Å². The van der Waals surface area contributed by atoms with Gasteiger partial charge < -0.3 is 19.4 Å². The summed E-state index contributed by atoms with van der Waals surface area (Å²) in [6.07, 6.45) is 0.507. The molecule has 1 heterocycles. The lowest BCUT2D eigenvalue weighted by molar-refractivity contribution is -0.153. The third-order valence-corrected chi connectivity index (χ3v) is 8.69. The summed E-state index contributed by atoms with van der Waals surface area (Å²) in [6.45, 7) is 13.6. The fourth-order valence-electron chi connectivity index (χ4n) is 4.81. The number of nitrogens with one attached hydrogen (secondary N) is 1. The van der Waals surface area contributed by atoms with Gasteiger partial charge in [-0.1, -0.05) is 79.2 Å². The van der Waals surface area contributed by atoms with E-state index in [0.29, 0.717) is 31.9 Å². The van der Waals surface area contributed by atoms with Gasteiger partial charge in [0.05, 0.1) is 12.0 Å².